The van der Waals surface area contributed by atoms with Gasteiger partial charge in [-0.2, -0.15) is 0 Å². The zero-order chi connectivity index (χ0) is 18.6. The third-order valence-electron chi connectivity index (χ3n) is 5.50. The lowest BCUT2D eigenvalue weighted by Crippen LogP contribution is -2.31. The Morgan fingerprint density at radius 2 is 2.00 bits per heavy atom. The van der Waals surface area contributed by atoms with Gasteiger partial charge in [-0.15, -0.1) is 0 Å². The van der Waals surface area contributed by atoms with E-state index in [1.54, 1.807) is 0 Å². The Morgan fingerprint density at radius 3 is 2.65 bits per heavy atom. The number of nitrogens with one attached hydrogen (secondary N) is 2. The van der Waals surface area contributed by atoms with Gasteiger partial charge in [-0.3, -0.25) is 4.79 Å². The van der Waals surface area contributed by atoms with Crippen molar-refractivity contribution in [2.75, 3.05) is 5.32 Å². The number of aromatic nitrogens is 2. The SMILES string of the molecule is C[C@@H](Nc1nc2c(C3CC3)c[nH]c(=O)c2c2cc(Br)ccc12)C(C)(C)C. The van der Waals surface area contributed by atoms with Crippen LogP contribution >= 0.6 is 15.9 Å². The number of halogens is 1. The fourth-order valence-electron chi connectivity index (χ4n) is 3.25. The quantitative estimate of drug-likeness (QED) is 0.552. The van der Waals surface area contributed by atoms with Gasteiger partial charge >= 0.3 is 0 Å². The molecule has 5 heteroatoms. The summed E-state index contributed by atoms with van der Waals surface area (Å²) in [4.78, 5) is 20.6. The molecule has 26 heavy (non-hydrogen) atoms. The Balaban J connectivity index is 2.04. The van der Waals surface area contributed by atoms with Crippen molar-refractivity contribution in [3.8, 4) is 0 Å². The Kier molecular flexibility index (Phi) is 4.10. The minimum Gasteiger partial charge on any atom is -0.367 e. The van der Waals surface area contributed by atoms with Gasteiger partial charge in [0.25, 0.3) is 5.56 Å². The summed E-state index contributed by atoms with van der Waals surface area (Å²) >= 11 is 3.56. The summed E-state index contributed by atoms with van der Waals surface area (Å²) in [7, 11) is 0. The van der Waals surface area contributed by atoms with Crippen molar-refractivity contribution >= 4 is 43.4 Å². The molecule has 0 aliphatic heterocycles. The summed E-state index contributed by atoms with van der Waals surface area (Å²) in [5.41, 5.74) is 2.03. The lowest BCUT2D eigenvalue weighted by atomic mass is 9.88. The number of hydrogen-bond acceptors (Lipinski definition) is 3. The minimum atomic E-state index is -0.0737. The van der Waals surface area contributed by atoms with Crippen molar-refractivity contribution in [3.05, 3.63) is 44.8 Å². The molecule has 0 saturated heterocycles. The van der Waals surface area contributed by atoms with Crippen molar-refractivity contribution in [2.24, 2.45) is 5.41 Å². The van der Waals surface area contributed by atoms with Crippen molar-refractivity contribution in [1.82, 2.24) is 9.97 Å². The highest BCUT2D eigenvalue weighted by atomic mass is 79.9. The molecule has 4 rings (SSSR count). The van der Waals surface area contributed by atoms with Gasteiger partial charge in [0.2, 0.25) is 0 Å². The zero-order valence-corrected chi connectivity index (χ0v) is 17.2. The van der Waals surface area contributed by atoms with E-state index in [1.807, 2.05) is 24.4 Å². The maximum Gasteiger partial charge on any atom is 0.258 e. The average molecular weight is 414 g/mol. The molecular weight excluding hydrogens is 390 g/mol. The van der Waals surface area contributed by atoms with E-state index in [1.165, 1.54) is 12.8 Å². The first-order valence-corrected chi connectivity index (χ1v) is 9.96. The fourth-order valence-corrected chi connectivity index (χ4v) is 3.61. The van der Waals surface area contributed by atoms with Crippen LogP contribution in [0.15, 0.2) is 33.7 Å². The molecule has 136 valence electrons. The molecule has 2 aromatic heterocycles. The first kappa shape index (κ1) is 17.5. The van der Waals surface area contributed by atoms with Crippen LogP contribution in [0, 0.1) is 5.41 Å². The molecule has 0 bridgehead atoms. The lowest BCUT2D eigenvalue weighted by molar-refractivity contribution is 0.359. The number of H-pyrrole nitrogens is 1. The molecule has 1 aromatic carbocycles. The summed E-state index contributed by atoms with van der Waals surface area (Å²) in [6, 6.07) is 6.30. The molecule has 2 N–H and O–H groups in total. The first-order chi connectivity index (χ1) is 12.3. The van der Waals surface area contributed by atoms with E-state index in [9.17, 15) is 4.79 Å². The van der Waals surface area contributed by atoms with Crippen LogP contribution in [0.1, 0.15) is 52.0 Å². The summed E-state index contributed by atoms with van der Waals surface area (Å²) in [5.74, 6) is 1.37. The maximum atomic E-state index is 12.7. The van der Waals surface area contributed by atoms with Crippen molar-refractivity contribution in [1.29, 1.82) is 0 Å². The van der Waals surface area contributed by atoms with Gasteiger partial charge < -0.3 is 10.3 Å². The van der Waals surface area contributed by atoms with E-state index in [-0.39, 0.29) is 17.0 Å². The lowest BCUT2D eigenvalue weighted by Gasteiger charge is -2.29. The van der Waals surface area contributed by atoms with Crippen LogP contribution < -0.4 is 10.9 Å². The standard InChI is InChI=1S/C21H24BrN3O/c1-11(21(2,3)4)24-19-14-8-7-13(22)9-15(14)17-18(25-19)16(12-5-6-12)10-23-20(17)26/h7-12H,5-6H2,1-4H3,(H,23,26)(H,24,25)/t11-/m1/s1. The third-order valence-corrected chi connectivity index (χ3v) is 5.99. The van der Waals surface area contributed by atoms with Crippen LogP contribution in [0.3, 0.4) is 0 Å². The van der Waals surface area contributed by atoms with Crippen molar-refractivity contribution < 1.29 is 0 Å². The summed E-state index contributed by atoms with van der Waals surface area (Å²) in [6.07, 6.45) is 4.19. The molecule has 1 aliphatic carbocycles. The Bertz CT molecular complexity index is 1060. The van der Waals surface area contributed by atoms with Gasteiger partial charge in [-0.25, -0.2) is 4.98 Å². The predicted molar refractivity (Wildman–Crippen MR) is 112 cm³/mol. The number of benzene rings is 1. The molecule has 1 atom stereocenters. The normalized spacial score (nSPS) is 16.2. The molecule has 0 radical (unpaired) electrons. The van der Waals surface area contributed by atoms with E-state index < -0.39 is 0 Å². The molecule has 1 saturated carbocycles. The van der Waals surface area contributed by atoms with Crippen LogP contribution in [-0.2, 0) is 0 Å². The fraction of sp³-hybridized carbons (Fsp3) is 0.429. The molecule has 0 spiro atoms. The smallest absolute Gasteiger partial charge is 0.258 e. The van der Waals surface area contributed by atoms with E-state index in [2.05, 4.69) is 53.9 Å². The van der Waals surface area contributed by atoms with Crippen molar-refractivity contribution in [2.45, 2.75) is 52.5 Å². The number of rotatable bonds is 3. The summed E-state index contributed by atoms with van der Waals surface area (Å²) in [5, 5.41) is 6.22. The predicted octanol–water partition coefficient (Wildman–Crippen LogP) is 5.56. The third kappa shape index (κ3) is 3.02. The number of hydrogen-bond donors (Lipinski definition) is 2. The number of fused-ring (bicyclic) bond motifs is 3. The Labute approximate surface area is 161 Å². The monoisotopic (exact) mass is 413 g/mol. The molecule has 1 fully saturated rings. The van der Waals surface area contributed by atoms with Crippen LogP contribution in [-0.4, -0.2) is 16.0 Å². The topological polar surface area (TPSA) is 57.8 Å². The van der Waals surface area contributed by atoms with Crippen LogP contribution in [0.4, 0.5) is 5.82 Å². The number of nitrogens with zero attached hydrogens (tertiary/aromatic N) is 1. The zero-order valence-electron chi connectivity index (χ0n) is 15.6. The number of anilines is 1. The Morgan fingerprint density at radius 1 is 1.27 bits per heavy atom. The van der Waals surface area contributed by atoms with E-state index >= 15 is 0 Å². The van der Waals surface area contributed by atoms with Gasteiger partial charge in [-0.05, 0) is 54.9 Å². The van der Waals surface area contributed by atoms with Crippen molar-refractivity contribution in [3.63, 3.8) is 0 Å². The van der Waals surface area contributed by atoms with E-state index in [0.717, 1.165) is 32.1 Å². The highest BCUT2D eigenvalue weighted by Crippen LogP contribution is 2.43. The molecular formula is C21H24BrN3O. The summed E-state index contributed by atoms with van der Waals surface area (Å²) < 4.78 is 0.962. The van der Waals surface area contributed by atoms with Gasteiger partial charge in [-0.1, -0.05) is 36.7 Å². The second kappa shape index (κ2) is 6.08. The first-order valence-electron chi connectivity index (χ1n) is 9.17. The second-order valence-electron chi connectivity index (χ2n) is 8.45. The number of pyridine rings is 2. The van der Waals surface area contributed by atoms with Gasteiger partial charge in [0.15, 0.2) is 0 Å². The molecule has 0 amide bonds. The van der Waals surface area contributed by atoms with Gasteiger partial charge in [0, 0.05) is 27.5 Å². The highest BCUT2D eigenvalue weighted by molar-refractivity contribution is 9.10. The highest BCUT2D eigenvalue weighted by Gasteiger charge is 2.28. The molecule has 0 unspecified atom stereocenters. The Hall–Kier alpha value is -1.88. The molecule has 4 nitrogen and oxygen atoms in total. The molecule has 3 aromatic rings. The van der Waals surface area contributed by atoms with Crippen LogP contribution in [0.2, 0.25) is 0 Å². The molecule has 2 heterocycles. The largest absolute Gasteiger partial charge is 0.367 e. The number of aromatic amines is 1. The average Bonchev–Trinajstić information content (AvgIpc) is 3.38. The van der Waals surface area contributed by atoms with Crippen LogP contribution in [0.5, 0.6) is 0 Å². The minimum absolute atomic E-state index is 0.0737. The van der Waals surface area contributed by atoms with Crippen LogP contribution in [0.25, 0.3) is 21.7 Å². The summed E-state index contributed by atoms with van der Waals surface area (Å²) in [6.45, 7) is 8.82. The van der Waals surface area contributed by atoms with E-state index in [4.69, 9.17) is 4.98 Å². The molecule has 1 aliphatic rings. The van der Waals surface area contributed by atoms with Gasteiger partial charge in [0.05, 0.1) is 10.9 Å². The second-order valence-corrected chi connectivity index (χ2v) is 9.37. The maximum absolute atomic E-state index is 12.7. The van der Waals surface area contributed by atoms with Gasteiger partial charge in [0.1, 0.15) is 5.82 Å². The van der Waals surface area contributed by atoms with E-state index in [0.29, 0.717) is 11.3 Å².